The van der Waals surface area contributed by atoms with E-state index in [4.69, 9.17) is 9.47 Å². The molecule has 1 aliphatic rings. The quantitative estimate of drug-likeness (QED) is 0.776. The van der Waals surface area contributed by atoms with Crippen LogP contribution in [0.15, 0.2) is 24.3 Å². The smallest absolute Gasteiger partial charge is 0.226 e. The Morgan fingerprint density at radius 3 is 3.17 bits per heavy atom. The van der Waals surface area contributed by atoms with Crippen LogP contribution in [-0.4, -0.2) is 29.3 Å². The van der Waals surface area contributed by atoms with E-state index < -0.39 is 0 Å². The van der Waals surface area contributed by atoms with Crippen LogP contribution in [0.2, 0.25) is 0 Å². The molecule has 0 saturated carbocycles. The van der Waals surface area contributed by atoms with Crippen LogP contribution in [0, 0.1) is 6.92 Å². The number of carbonyl (C=O) groups excluding carboxylic acids is 1. The molecule has 24 heavy (non-hydrogen) atoms. The maximum Gasteiger partial charge on any atom is 0.226 e. The molecule has 1 amide bonds. The Bertz CT molecular complexity index is 683. The van der Waals surface area contributed by atoms with Gasteiger partial charge in [-0.25, -0.2) is 0 Å². The summed E-state index contributed by atoms with van der Waals surface area (Å²) < 4.78 is 11.2. The van der Waals surface area contributed by atoms with E-state index in [0.29, 0.717) is 24.6 Å². The van der Waals surface area contributed by atoms with Gasteiger partial charge in [-0.2, -0.15) is 0 Å². The SMILES string of the molecule is Cc1cccc(OCCCC(=O)Nc2nnc(C3CCCO3)s2)c1. The van der Waals surface area contributed by atoms with Crippen molar-refractivity contribution in [2.24, 2.45) is 0 Å². The molecule has 1 aromatic heterocycles. The van der Waals surface area contributed by atoms with E-state index in [9.17, 15) is 4.79 Å². The molecule has 1 unspecified atom stereocenters. The molecule has 2 aromatic rings. The number of carbonyl (C=O) groups is 1. The van der Waals surface area contributed by atoms with Gasteiger partial charge in [-0.1, -0.05) is 23.5 Å². The van der Waals surface area contributed by atoms with Gasteiger partial charge in [0.05, 0.1) is 6.61 Å². The molecule has 1 saturated heterocycles. The van der Waals surface area contributed by atoms with Crippen molar-refractivity contribution in [2.75, 3.05) is 18.5 Å². The lowest BCUT2D eigenvalue weighted by atomic mass is 10.2. The number of aromatic nitrogens is 2. The molecule has 7 heteroatoms. The van der Waals surface area contributed by atoms with Gasteiger partial charge in [0.15, 0.2) is 0 Å². The fraction of sp³-hybridized carbons (Fsp3) is 0.471. The largest absolute Gasteiger partial charge is 0.494 e. The van der Waals surface area contributed by atoms with Crippen LogP contribution < -0.4 is 10.1 Å². The molecule has 2 heterocycles. The molecule has 1 fully saturated rings. The van der Waals surface area contributed by atoms with E-state index in [1.165, 1.54) is 11.3 Å². The van der Waals surface area contributed by atoms with Gasteiger partial charge in [-0.05, 0) is 43.9 Å². The summed E-state index contributed by atoms with van der Waals surface area (Å²) in [6.07, 6.45) is 3.10. The van der Waals surface area contributed by atoms with Crippen LogP contribution in [0.3, 0.4) is 0 Å². The van der Waals surface area contributed by atoms with Crippen molar-refractivity contribution in [1.82, 2.24) is 10.2 Å². The highest BCUT2D eigenvalue weighted by Crippen LogP contribution is 2.31. The van der Waals surface area contributed by atoms with Gasteiger partial charge in [0.2, 0.25) is 11.0 Å². The number of benzene rings is 1. The van der Waals surface area contributed by atoms with Gasteiger partial charge in [-0.15, -0.1) is 10.2 Å². The van der Waals surface area contributed by atoms with Crippen molar-refractivity contribution < 1.29 is 14.3 Å². The lowest BCUT2D eigenvalue weighted by Gasteiger charge is -2.06. The van der Waals surface area contributed by atoms with Crippen molar-refractivity contribution in [1.29, 1.82) is 0 Å². The third-order valence-corrected chi connectivity index (χ3v) is 4.63. The van der Waals surface area contributed by atoms with Crippen LogP contribution in [-0.2, 0) is 9.53 Å². The summed E-state index contributed by atoms with van der Waals surface area (Å²) in [6, 6.07) is 7.88. The first kappa shape index (κ1) is 16.9. The van der Waals surface area contributed by atoms with Gasteiger partial charge in [0.1, 0.15) is 16.9 Å². The first-order valence-corrected chi connectivity index (χ1v) is 8.97. The van der Waals surface area contributed by atoms with Gasteiger partial charge >= 0.3 is 0 Å². The highest BCUT2D eigenvalue weighted by Gasteiger charge is 2.22. The molecule has 1 aliphatic heterocycles. The van der Waals surface area contributed by atoms with E-state index in [2.05, 4.69) is 15.5 Å². The lowest BCUT2D eigenvalue weighted by molar-refractivity contribution is -0.116. The molecule has 128 valence electrons. The first-order chi connectivity index (χ1) is 11.7. The van der Waals surface area contributed by atoms with Crippen LogP contribution in [0.25, 0.3) is 0 Å². The van der Waals surface area contributed by atoms with Gasteiger partial charge in [-0.3, -0.25) is 4.79 Å². The van der Waals surface area contributed by atoms with Gasteiger partial charge in [0.25, 0.3) is 0 Å². The second kappa shape index (κ2) is 8.21. The summed E-state index contributed by atoms with van der Waals surface area (Å²) in [4.78, 5) is 11.9. The van der Waals surface area contributed by atoms with Crippen LogP contribution in [0.1, 0.15) is 42.4 Å². The topological polar surface area (TPSA) is 73.3 Å². The van der Waals surface area contributed by atoms with Crippen LogP contribution in [0.5, 0.6) is 5.75 Å². The highest BCUT2D eigenvalue weighted by atomic mass is 32.1. The van der Waals surface area contributed by atoms with Gasteiger partial charge < -0.3 is 14.8 Å². The summed E-state index contributed by atoms with van der Waals surface area (Å²) in [6.45, 7) is 3.30. The molecule has 1 atom stereocenters. The number of rotatable bonds is 7. The van der Waals surface area contributed by atoms with Crippen LogP contribution in [0.4, 0.5) is 5.13 Å². The molecule has 0 radical (unpaired) electrons. The van der Waals surface area contributed by atoms with E-state index in [-0.39, 0.29) is 12.0 Å². The molecule has 0 bridgehead atoms. The molecule has 0 aliphatic carbocycles. The average Bonchev–Trinajstić information content (AvgIpc) is 3.23. The van der Waals surface area contributed by atoms with Crippen molar-refractivity contribution in [2.45, 2.75) is 38.7 Å². The maximum atomic E-state index is 11.9. The lowest BCUT2D eigenvalue weighted by Crippen LogP contribution is -2.12. The normalized spacial score (nSPS) is 17.0. The molecular formula is C17H21N3O3S. The summed E-state index contributed by atoms with van der Waals surface area (Å²) in [5, 5.41) is 12.3. The average molecular weight is 347 g/mol. The summed E-state index contributed by atoms with van der Waals surface area (Å²) in [5.74, 6) is 0.763. The van der Waals surface area contributed by atoms with E-state index in [1.807, 2.05) is 31.2 Å². The predicted molar refractivity (Wildman–Crippen MR) is 92.4 cm³/mol. The molecule has 6 nitrogen and oxygen atoms in total. The van der Waals surface area contributed by atoms with E-state index in [0.717, 1.165) is 35.8 Å². The second-order valence-corrected chi connectivity index (χ2v) is 6.77. The number of amides is 1. The minimum atomic E-state index is -0.0714. The summed E-state index contributed by atoms with van der Waals surface area (Å²) in [7, 11) is 0. The zero-order valence-corrected chi connectivity index (χ0v) is 14.5. The minimum Gasteiger partial charge on any atom is -0.494 e. The zero-order chi connectivity index (χ0) is 16.8. The Morgan fingerprint density at radius 1 is 1.46 bits per heavy atom. The number of aryl methyl sites for hydroxylation is 1. The number of hydrogen-bond donors (Lipinski definition) is 1. The Kier molecular flexibility index (Phi) is 5.77. The third-order valence-electron chi connectivity index (χ3n) is 3.70. The number of nitrogens with one attached hydrogen (secondary N) is 1. The Labute approximate surface area is 145 Å². The number of ether oxygens (including phenoxy) is 2. The Balaban J connectivity index is 1.38. The van der Waals surface area contributed by atoms with E-state index in [1.54, 1.807) is 0 Å². The highest BCUT2D eigenvalue weighted by molar-refractivity contribution is 7.15. The summed E-state index contributed by atoms with van der Waals surface area (Å²) in [5.41, 5.74) is 1.16. The standard InChI is InChI=1S/C17H21N3O3S/c1-12-5-2-6-13(11-12)22-9-4-8-15(21)18-17-20-19-16(24-17)14-7-3-10-23-14/h2,5-6,11,14H,3-4,7-10H2,1H3,(H,18,20,21). The van der Waals surface area contributed by atoms with Crippen molar-refractivity contribution >= 4 is 22.4 Å². The fourth-order valence-electron chi connectivity index (χ4n) is 2.50. The monoisotopic (exact) mass is 347 g/mol. The minimum absolute atomic E-state index is 0.0379. The Hall–Kier alpha value is -1.99. The summed E-state index contributed by atoms with van der Waals surface area (Å²) >= 11 is 1.39. The number of nitrogens with zero attached hydrogens (tertiary/aromatic N) is 2. The Morgan fingerprint density at radius 2 is 2.38 bits per heavy atom. The molecule has 3 rings (SSSR count). The third kappa shape index (κ3) is 4.75. The molecule has 1 N–H and O–H groups in total. The predicted octanol–water partition coefficient (Wildman–Crippen LogP) is 3.50. The van der Waals surface area contributed by atoms with Crippen molar-refractivity contribution in [3.8, 4) is 5.75 Å². The first-order valence-electron chi connectivity index (χ1n) is 8.15. The zero-order valence-electron chi connectivity index (χ0n) is 13.7. The van der Waals surface area contributed by atoms with Crippen molar-refractivity contribution in [3.63, 3.8) is 0 Å². The van der Waals surface area contributed by atoms with Gasteiger partial charge in [0, 0.05) is 13.0 Å². The number of hydrogen-bond acceptors (Lipinski definition) is 6. The molecule has 0 spiro atoms. The second-order valence-electron chi connectivity index (χ2n) is 5.76. The fourth-order valence-corrected chi connectivity index (χ4v) is 3.34. The molecule has 1 aromatic carbocycles. The van der Waals surface area contributed by atoms with E-state index >= 15 is 0 Å². The number of anilines is 1. The van der Waals surface area contributed by atoms with Crippen LogP contribution >= 0.6 is 11.3 Å². The van der Waals surface area contributed by atoms with Crippen molar-refractivity contribution in [3.05, 3.63) is 34.8 Å². The maximum absolute atomic E-state index is 11.9. The molecular weight excluding hydrogens is 326 g/mol.